The molecule has 6 nitrogen and oxygen atoms in total. The highest BCUT2D eigenvalue weighted by Gasteiger charge is 2.18. The first kappa shape index (κ1) is 22.5. The Hall–Kier alpha value is -2.68. The van der Waals surface area contributed by atoms with E-state index in [9.17, 15) is 4.79 Å². The second kappa shape index (κ2) is 9.85. The maximum Gasteiger partial charge on any atom is 0.225 e. The number of halogens is 1. The van der Waals surface area contributed by atoms with Crippen LogP contribution in [0.5, 0.6) is 0 Å². The molecule has 1 amide bonds. The van der Waals surface area contributed by atoms with E-state index in [1.165, 1.54) is 16.9 Å². The van der Waals surface area contributed by atoms with Crippen LogP contribution in [0.15, 0.2) is 59.1 Å². The highest BCUT2D eigenvalue weighted by atomic mass is 35.5. The average molecular weight is 484 g/mol. The van der Waals surface area contributed by atoms with Gasteiger partial charge in [0.15, 0.2) is 16.1 Å². The van der Waals surface area contributed by atoms with Gasteiger partial charge in [-0.1, -0.05) is 41.1 Å². The number of hydrogen-bond acceptors (Lipinski definition) is 6. The molecule has 2 aromatic heterocycles. The van der Waals surface area contributed by atoms with Gasteiger partial charge in [0, 0.05) is 40.9 Å². The Balaban J connectivity index is 1.64. The van der Waals surface area contributed by atoms with Crippen LogP contribution in [0.3, 0.4) is 0 Å². The number of carbonyl (C=O) groups is 1. The minimum Gasteiger partial charge on any atom is -0.289 e. The maximum absolute atomic E-state index is 11.8. The topological polar surface area (TPSA) is 63.9 Å². The van der Waals surface area contributed by atoms with E-state index in [2.05, 4.69) is 50.9 Å². The molecule has 2 heterocycles. The Kier molecular flexibility index (Phi) is 6.93. The standard InChI is InChI=1S/C23H22ClN5OS2/c1-4-28(16(3)30)22-25-19(13-31-22)14-32-23-27-26-21(17-7-9-18(24)10-8-17)29(23)20-11-5-15(2)6-12-20/h5-13H,4,14H2,1-3H3. The summed E-state index contributed by atoms with van der Waals surface area (Å²) in [6.45, 7) is 6.16. The molecule has 0 bridgehead atoms. The van der Waals surface area contributed by atoms with Crippen molar-refractivity contribution in [2.24, 2.45) is 0 Å². The van der Waals surface area contributed by atoms with Gasteiger partial charge in [-0.25, -0.2) is 4.98 Å². The molecule has 0 unspecified atom stereocenters. The van der Waals surface area contributed by atoms with Gasteiger partial charge in [-0.15, -0.1) is 21.5 Å². The number of aromatic nitrogens is 4. The van der Waals surface area contributed by atoms with Crippen molar-refractivity contribution < 1.29 is 4.79 Å². The third-order valence-corrected chi connectivity index (χ3v) is 6.97. The van der Waals surface area contributed by atoms with E-state index in [4.69, 9.17) is 11.6 Å². The van der Waals surface area contributed by atoms with Crippen molar-refractivity contribution in [3.05, 3.63) is 70.2 Å². The fourth-order valence-corrected chi connectivity index (χ4v) is 5.20. The van der Waals surface area contributed by atoms with Crippen molar-refractivity contribution in [1.82, 2.24) is 19.7 Å². The van der Waals surface area contributed by atoms with Gasteiger partial charge in [-0.2, -0.15) is 0 Å². The van der Waals surface area contributed by atoms with Crippen molar-refractivity contribution in [3.8, 4) is 17.1 Å². The largest absolute Gasteiger partial charge is 0.289 e. The van der Waals surface area contributed by atoms with E-state index in [-0.39, 0.29) is 5.91 Å². The van der Waals surface area contributed by atoms with Crippen LogP contribution in [0.2, 0.25) is 5.02 Å². The molecule has 4 rings (SSSR count). The predicted molar refractivity (Wildman–Crippen MR) is 132 cm³/mol. The average Bonchev–Trinajstić information content (AvgIpc) is 3.41. The van der Waals surface area contributed by atoms with Gasteiger partial charge in [0.2, 0.25) is 5.91 Å². The van der Waals surface area contributed by atoms with E-state index < -0.39 is 0 Å². The number of carbonyl (C=O) groups excluding carboxylic acids is 1. The number of benzene rings is 2. The predicted octanol–water partition coefficient (Wildman–Crippen LogP) is 6.02. The van der Waals surface area contributed by atoms with Crippen molar-refractivity contribution >= 4 is 45.7 Å². The summed E-state index contributed by atoms with van der Waals surface area (Å²) in [6, 6.07) is 15.9. The number of nitrogens with zero attached hydrogens (tertiary/aromatic N) is 5. The SMILES string of the molecule is CCN(C(C)=O)c1nc(CSc2nnc(-c3ccc(Cl)cc3)n2-c2ccc(C)cc2)cs1. The molecule has 0 atom stereocenters. The molecule has 0 aliphatic heterocycles. The highest BCUT2D eigenvalue weighted by molar-refractivity contribution is 7.98. The number of amides is 1. The lowest BCUT2D eigenvalue weighted by molar-refractivity contribution is -0.116. The van der Waals surface area contributed by atoms with Crippen molar-refractivity contribution in [3.63, 3.8) is 0 Å². The van der Waals surface area contributed by atoms with E-state index >= 15 is 0 Å². The molecule has 164 valence electrons. The Morgan fingerprint density at radius 1 is 1.12 bits per heavy atom. The molecule has 0 aliphatic carbocycles. The van der Waals surface area contributed by atoms with Crippen LogP contribution in [-0.2, 0) is 10.5 Å². The van der Waals surface area contributed by atoms with Crippen LogP contribution in [0.4, 0.5) is 5.13 Å². The Morgan fingerprint density at radius 3 is 2.50 bits per heavy atom. The quantitative estimate of drug-likeness (QED) is 0.301. The van der Waals surface area contributed by atoms with Gasteiger partial charge in [0.25, 0.3) is 0 Å². The van der Waals surface area contributed by atoms with Gasteiger partial charge >= 0.3 is 0 Å². The lowest BCUT2D eigenvalue weighted by atomic mass is 10.2. The number of thiazole rings is 1. The first-order chi connectivity index (χ1) is 15.5. The minimum absolute atomic E-state index is 0.00669. The normalized spacial score (nSPS) is 11.0. The van der Waals surface area contributed by atoms with E-state index in [0.717, 1.165) is 33.1 Å². The summed E-state index contributed by atoms with van der Waals surface area (Å²) in [5.41, 5.74) is 4.01. The van der Waals surface area contributed by atoms with Crippen molar-refractivity contribution in [1.29, 1.82) is 0 Å². The van der Waals surface area contributed by atoms with Crippen molar-refractivity contribution in [2.75, 3.05) is 11.4 Å². The van der Waals surface area contributed by atoms with Gasteiger partial charge in [0.05, 0.1) is 5.69 Å². The Bertz CT molecular complexity index is 1220. The summed E-state index contributed by atoms with van der Waals surface area (Å²) in [6.07, 6.45) is 0. The van der Waals surface area contributed by atoms with Crippen LogP contribution in [0.1, 0.15) is 25.1 Å². The second-order valence-electron chi connectivity index (χ2n) is 7.16. The fraction of sp³-hybridized carbons (Fsp3) is 0.217. The zero-order chi connectivity index (χ0) is 22.7. The monoisotopic (exact) mass is 483 g/mol. The molecule has 0 aliphatic rings. The molecule has 0 spiro atoms. The summed E-state index contributed by atoms with van der Waals surface area (Å²) in [5.74, 6) is 1.37. The Labute approximate surface area is 200 Å². The second-order valence-corrected chi connectivity index (χ2v) is 9.37. The number of rotatable bonds is 7. The summed E-state index contributed by atoms with van der Waals surface area (Å²) in [5, 5.41) is 13.1. The number of aryl methyl sites for hydroxylation is 1. The van der Waals surface area contributed by atoms with Gasteiger partial charge < -0.3 is 0 Å². The zero-order valence-electron chi connectivity index (χ0n) is 17.9. The molecule has 2 aromatic carbocycles. The summed E-state index contributed by atoms with van der Waals surface area (Å²) in [4.78, 5) is 18.1. The summed E-state index contributed by atoms with van der Waals surface area (Å²) in [7, 11) is 0. The molecule has 9 heteroatoms. The fourth-order valence-electron chi connectivity index (χ4n) is 3.19. The van der Waals surface area contributed by atoms with E-state index in [1.807, 2.05) is 36.6 Å². The summed E-state index contributed by atoms with van der Waals surface area (Å²) < 4.78 is 2.05. The molecular weight excluding hydrogens is 462 g/mol. The lowest BCUT2D eigenvalue weighted by Crippen LogP contribution is -2.27. The molecule has 4 aromatic rings. The number of hydrogen-bond donors (Lipinski definition) is 0. The van der Waals surface area contributed by atoms with Crippen LogP contribution in [0.25, 0.3) is 17.1 Å². The van der Waals surface area contributed by atoms with Gasteiger partial charge in [-0.05, 0) is 50.2 Å². The first-order valence-electron chi connectivity index (χ1n) is 10.1. The third kappa shape index (κ3) is 4.87. The smallest absolute Gasteiger partial charge is 0.225 e. The van der Waals surface area contributed by atoms with Crippen LogP contribution >= 0.6 is 34.7 Å². The molecule has 32 heavy (non-hydrogen) atoms. The molecule has 0 N–H and O–H groups in total. The maximum atomic E-state index is 11.8. The zero-order valence-corrected chi connectivity index (χ0v) is 20.3. The van der Waals surface area contributed by atoms with Gasteiger partial charge in [0.1, 0.15) is 0 Å². The van der Waals surface area contributed by atoms with Gasteiger partial charge in [-0.3, -0.25) is 14.3 Å². The summed E-state index contributed by atoms with van der Waals surface area (Å²) >= 11 is 9.11. The molecule has 0 saturated heterocycles. The van der Waals surface area contributed by atoms with E-state index in [0.29, 0.717) is 17.3 Å². The third-order valence-electron chi connectivity index (χ3n) is 4.84. The number of thioether (sulfide) groups is 1. The molecule has 0 radical (unpaired) electrons. The Morgan fingerprint density at radius 2 is 1.84 bits per heavy atom. The van der Waals surface area contributed by atoms with Crippen molar-refractivity contribution in [2.45, 2.75) is 31.7 Å². The highest BCUT2D eigenvalue weighted by Crippen LogP contribution is 2.31. The lowest BCUT2D eigenvalue weighted by Gasteiger charge is -2.14. The van der Waals surface area contributed by atoms with E-state index in [1.54, 1.807) is 23.6 Å². The molecule has 0 saturated carbocycles. The number of anilines is 1. The minimum atomic E-state index is -0.00669. The van der Waals surface area contributed by atoms with Crippen LogP contribution in [-0.4, -0.2) is 32.2 Å². The molecular formula is C23H22ClN5OS2. The molecule has 0 fully saturated rings. The first-order valence-corrected chi connectivity index (χ1v) is 12.3. The van der Waals surface area contributed by atoms with Crippen LogP contribution < -0.4 is 4.90 Å². The van der Waals surface area contributed by atoms with Crippen LogP contribution in [0, 0.1) is 6.92 Å².